The number of rotatable bonds is 1. The molecule has 5 nitrogen and oxygen atoms in total. The number of carboxylic acid groups (broad SMARTS) is 1. The predicted molar refractivity (Wildman–Crippen MR) is 55.5 cm³/mol. The van der Waals surface area contributed by atoms with Crippen molar-refractivity contribution in [2.75, 3.05) is 17.2 Å². The molecule has 0 unspecified atom stereocenters. The van der Waals surface area contributed by atoms with Crippen LogP contribution in [0.4, 0.5) is 11.4 Å². The smallest absolute Gasteiger partial charge is 0.339 e. The number of fused-ring (bicyclic) bond motifs is 1. The van der Waals surface area contributed by atoms with E-state index < -0.39 is 5.97 Å². The van der Waals surface area contributed by atoms with Gasteiger partial charge in [0.25, 0.3) is 0 Å². The Kier molecular flexibility index (Phi) is 2.24. The van der Waals surface area contributed by atoms with Crippen LogP contribution in [0.1, 0.15) is 10.4 Å². The fourth-order valence-electron chi connectivity index (χ4n) is 1.42. The first kappa shape index (κ1) is 9.79. The maximum absolute atomic E-state index is 11.1. The van der Waals surface area contributed by atoms with E-state index in [-0.39, 0.29) is 28.7 Å². The average molecular weight is 227 g/mol. The van der Waals surface area contributed by atoms with Crippen LogP contribution in [0.15, 0.2) is 12.1 Å². The number of carbonyl (C=O) groups excluding carboxylic acids is 1. The average Bonchev–Trinajstić information content (AvgIpc) is 2.16. The Morgan fingerprint density at radius 3 is 2.87 bits per heavy atom. The largest absolute Gasteiger partial charge is 0.478 e. The summed E-state index contributed by atoms with van der Waals surface area (Å²) in [5.41, 5.74) is 0.706. The molecule has 1 aliphatic heterocycles. The van der Waals surface area contributed by atoms with Crippen molar-refractivity contribution in [3.05, 3.63) is 22.7 Å². The molecular weight excluding hydrogens is 220 g/mol. The summed E-state index contributed by atoms with van der Waals surface area (Å²) < 4.78 is 0. The Morgan fingerprint density at radius 1 is 1.47 bits per heavy atom. The van der Waals surface area contributed by atoms with Gasteiger partial charge < -0.3 is 15.7 Å². The van der Waals surface area contributed by atoms with Crippen molar-refractivity contribution in [1.29, 1.82) is 0 Å². The van der Waals surface area contributed by atoms with Gasteiger partial charge in [-0.3, -0.25) is 4.79 Å². The van der Waals surface area contributed by atoms with E-state index in [1.165, 1.54) is 6.07 Å². The molecule has 0 saturated carbocycles. The number of amides is 1. The van der Waals surface area contributed by atoms with E-state index in [2.05, 4.69) is 10.6 Å². The van der Waals surface area contributed by atoms with Crippen LogP contribution in [0.25, 0.3) is 0 Å². The molecule has 1 aromatic carbocycles. The second kappa shape index (κ2) is 3.43. The molecule has 0 fully saturated rings. The zero-order valence-corrected chi connectivity index (χ0v) is 8.26. The van der Waals surface area contributed by atoms with Gasteiger partial charge in [0.05, 0.1) is 22.9 Å². The van der Waals surface area contributed by atoms with Crippen molar-refractivity contribution in [2.45, 2.75) is 0 Å². The molecule has 0 aromatic heterocycles. The van der Waals surface area contributed by atoms with Gasteiger partial charge in [0, 0.05) is 0 Å². The van der Waals surface area contributed by atoms with Crippen molar-refractivity contribution in [3.63, 3.8) is 0 Å². The Labute approximate surface area is 90.0 Å². The summed E-state index contributed by atoms with van der Waals surface area (Å²) in [5, 5.41) is 14.3. The minimum absolute atomic E-state index is 0.0882. The van der Waals surface area contributed by atoms with Crippen LogP contribution in [0.3, 0.4) is 0 Å². The third-order valence-electron chi connectivity index (χ3n) is 2.07. The standard InChI is InChI=1S/C9H7ClN2O3/c10-4-1-2-5-8(7(4)9(14)15)12-6(13)3-11-5/h1-2,11H,3H2,(H,12,13)(H,14,15). The number of halogens is 1. The lowest BCUT2D eigenvalue weighted by Crippen LogP contribution is -2.28. The van der Waals surface area contributed by atoms with E-state index in [0.717, 1.165) is 0 Å². The van der Waals surface area contributed by atoms with Gasteiger partial charge in [-0.1, -0.05) is 11.6 Å². The number of carboxylic acids is 1. The molecule has 2 rings (SSSR count). The van der Waals surface area contributed by atoms with Gasteiger partial charge in [0.1, 0.15) is 5.56 Å². The number of carbonyl (C=O) groups is 2. The van der Waals surface area contributed by atoms with Crippen LogP contribution in [-0.4, -0.2) is 23.5 Å². The normalized spacial score (nSPS) is 13.8. The SMILES string of the molecule is O=C1CNc2ccc(Cl)c(C(=O)O)c2N1. The van der Waals surface area contributed by atoms with Gasteiger partial charge in [-0.05, 0) is 12.1 Å². The van der Waals surface area contributed by atoms with E-state index in [1.807, 2.05) is 0 Å². The van der Waals surface area contributed by atoms with E-state index >= 15 is 0 Å². The molecule has 1 heterocycles. The Bertz CT molecular complexity index is 459. The van der Waals surface area contributed by atoms with Crippen LogP contribution >= 0.6 is 11.6 Å². The Hall–Kier alpha value is -1.75. The van der Waals surface area contributed by atoms with Crippen LogP contribution in [-0.2, 0) is 4.79 Å². The summed E-state index contributed by atoms with van der Waals surface area (Å²) in [7, 11) is 0. The maximum Gasteiger partial charge on any atom is 0.339 e. The topological polar surface area (TPSA) is 78.4 Å². The van der Waals surface area contributed by atoms with Gasteiger partial charge >= 0.3 is 5.97 Å². The van der Waals surface area contributed by atoms with Crippen molar-refractivity contribution in [1.82, 2.24) is 0 Å². The molecule has 15 heavy (non-hydrogen) atoms. The Balaban J connectivity index is 2.62. The lowest BCUT2D eigenvalue weighted by Gasteiger charge is -2.20. The lowest BCUT2D eigenvalue weighted by atomic mass is 10.1. The van der Waals surface area contributed by atoms with E-state index in [9.17, 15) is 9.59 Å². The highest BCUT2D eigenvalue weighted by atomic mass is 35.5. The number of aromatic carboxylic acids is 1. The molecule has 1 aromatic rings. The quantitative estimate of drug-likeness (QED) is 0.676. The molecule has 0 bridgehead atoms. The highest BCUT2D eigenvalue weighted by molar-refractivity contribution is 6.35. The molecular formula is C9H7ClN2O3. The zero-order valence-electron chi connectivity index (χ0n) is 7.50. The van der Waals surface area contributed by atoms with E-state index in [1.54, 1.807) is 6.07 Å². The minimum atomic E-state index is -1.17. The minimum Gasteiger partial charge on any atom is -0.478 e. The molecule has 1 amide bonds. The van der Waals surface area contributed by atoms with Crippen molar-refractivity contribution in [2.24, 2.45) is 0 Å². The second-order valence-electron chi connectivity index (χ2n) is 3.05. The van der Waals surface area contributed by atoms with Crippen molar-refractivity contribution in [3.8, 4) is 0 Å². The second-order valence-corrected chi connectivity index (χ2v) is 3.46. The molecule has 0 atom stereocenters. The molecule has 0 aliphatic carbocycles. The fourth-order valence-corrected chi connectivity index (χ4v) is 1.66. The molecule has 0 spiro atoms. The van der Waals surface area contributed by atoms with Crippen LogP contribution < -0.4 is 10.6 Å². The third kappa shape index (κ3) is 1.61. The van der Waals surface area contributed by atoms with E-state index in [0.29, 0.717) is 5.69 Å². The molecule has 78 valence electrons. The molecule has 3 N–H and O–H groups in total. The summed E-state index contributed by atoms with van der Waals surface area (Å²) in [5.74, 6) is -1.45. The number of nitrogens with one attached hydrogen (secondary N) is 2. The zero-order chi connectivity index (χ0) is 11.0. The van der Waals surface area contributed by atoms with E-state index in [4.69, 9.17) is 16.7 Å². The summed E-state index contributed by atoms with van der Waals surface area (Å²) in [6, 6.07) is 3.11. The number of hydrogen-bond acceptors (Lipinski definition) is 3. The van der Waals surface area contributed by atoms with Crippen molar-refractivity contribution < 1.29 is 14.7 Å². The van der Waals surface area contributed by atoms with Crippen molar-refractivity contribution >= 4 is 34.9 Å². The van der Waals surface area contributed by atoms with Crippen LogP contribution in [0.5, 0.6) is 0 Å². The first-order chi connectivity index (χ1) is 7.09. The fraction of sp³-hybridized carbons (Fsp3) is 0.111. The highest BCUT2D eigenvalue weighted by Crippen LogP contribution is 2.33. The highest BCUT2D eigenvalue weighted by Gasteiger charge is 2.23. The first-order valence-electron chi connectivity index (χ1n) is 4.19. The Morgan fingerprint density at radius 2 is 2.20 bits per heavy atom. The number of anilines is 2. The van der Waals surface area contributed by atoms with Gasteiger partial charge in [-0.25, -0.2) is 4.79 Å². The molecule has 1 aliphatic rings. The van der Waals surface area contributed by atoms with Gasteiger partial charge in [0.15, 0.2) is 0 Å². The molecule has 0 saturated heterocycles. The number of hydrogen-bond donors (Lipinski definition) is 3. The van der Waals surface area contributed by atoms with Gasteiger partial charge in [-0.2, -0.15) is 0 Å². The summed E-state index contributed by atoms with van der Waals surface area (Å²) in [6.45, 7) is 0.133. The van der Waals surface area contributed by atoms with Crippen LogP contribution in [0, 0.1) is 0 Å². The van der Waals surface area contributed by atoms with Gasteiger partial charge in [-0.15, -0.1) is 0 Å². The summed E-state index contributed by atoms with van der Waals surface area (Å²) in [6.07, 6.45) is 0. The molecule has 0 radical (unpaired) electrons. The maximum atomic E-state index is 11.1. The first-order valence-corrected chi connectivity index (χ1v) is 4.57. The monoisotopic (exact) mass is 226 g/mol. The summed E-state index contributed by atoms with van der Waals surface area (Å²) >= 11 is 5.74. The van der Waals surface area contributed by atoms with Crippen LogP contribution in [0.2, 0.25) is 5.02 Å². The number of benzene rings is 1. The third-order valence-corrected chi connectivity index (χ3v) is 2.39. The summed E-state index contributed by atoms with van der Waals surface area (Å²) in [4.78, 5) is 22.0. The lowest BCUT2D eigenvalue weighted by molar-refractivity contribution is -0.114. The predicted octanol–water partition coefficient (Wildman–Crippen LogP) is 1.40. The van der Waals surface area contributed by atoms with Gasteiger partial charge in [0.2, 0.25) is 5.91 Å². The molecule has 6 heteroatoms.